The van der Waals surface area contributed by atoms with E-state index in [1.807, 2.05) is 26.0 Å². The van der Waals surface area contributed by atoms with Crippen LogP contribution in [0.4, 0.5) is 0 Å². The van der Waals surface area contributed by atoms with Crippen LogP contribution in [0.3, 0.4) is 0 Å². The summed E-state index contributed by atoms with van der Waals surface area (Å²) in [5.74, 6) is 0.782. The summed E-state index contributed by atoms with van der Waals surface area (Å²) < 4.78 is 0. The number of nitrogens with two attached hydrogens (primary N) is 1. The van der Waals surface area contributed by atoms with Crippen molar-refractivity contribution in [3.05, 3.63) is 46.8 Å². The number of hydrogen-bond acceptors (Lipinski definition) is 1. The fourth-order valence-corrected chi connectivity index (χ4v) is 1.40. The monoisotopic (exact) mass is 301 g/mol. The van der Waals surface area contributed by atoms with Crippen LogP contribution in [0.2, 0.25) is 0 Å². The summed E-state index contributed by atoms with van der Waals surface area (Å²) in [6, 6.07) is 6.09. The molecule has 0 bridgehead atoms. The molecular weight excluding hydrogens is 281 g/mol. The molecule has 0 aromatic heterocycles. The van der Waals surface area contributed by atoms with Gasteiger partial charge in [0.2, 0.25) is 0 Å². The SMILES string of the molecule is CC.Cc1cc(C[NH-])ccc1CS.[NH2-].[Y]. The zero-order chi connectivity index (χ0) is 10.3. The molecule has 0 spiro atoms. The van der Waals surface area contributed by atoms with Gasteiger partial charge in [-0.3, -0.25) is 0 Å². The smallest absolute Gasteiger partial charge is 0.0156 e. The molecule has 1 aromatic rings. The maximum Gasteiger partial charge on any atom is 0.0156 e. The van der Waals surface area contributed by atoms with Crippen molar-refractivity contribution in [2.75, 3.05) is 0 Å². The summed E-state index contributed by atoms with van der Waals surface area (Å²) in [5.41, 5.74) is 10.7. The van der Waals surface area contributed by atoms with E-state index in [2.05, 4.69) is 25.6 Å². The zero-order valence-electron chi connectivity index (χ0n) is 9.75. The molecule has 0 saturated heterocycles. The Kier molecular flexibility index (Phi) is 17.7. The van der Waals surface area contributed by atoms with E-state index in [1.54, 1.807) is 0 Å². The Labute approximate surface area is 124 Å². The predicted octanol–water partition coefficient (Wildman–Crippen LogP) is 4.72. The van der Waals surface area contributed by atoms with Crippen LogP contribution in [-0.2, 0) is 45.0 Å². The maximum absolute atomic E-state index is 7.15. The first-order chi connectivity index (χ1) is 6.27. The van der Waals surface area contributed by atoms with Crippen molar-refractivity contribution in [3.63, 3.8) is 0 Å². The van der Waals surface area contributed by atoms with Gasteiger partial charge in [0.25, 0.3) is 0 Å². The van der Waals surface area contributed by atoms with Gasteiger partial charge in [0.15, 0.2) is 0 Å². The van der Waals surface area contributed by atoms with Gasteiger partial charge in [-0.2, -0.15) is 12.6 Å². The van der Waals surface area contributed by atoms with Gasteiger partial charge >= 0.3 is 0 Å². The second-order valence-corrected chi connectivity index (χ2v) is 2.91. The van der Waals surface area contributed by atoms with E-state index in [1.165, 1.54) is 11.1 Å². The maximum atomic E-state index is 7.15. The minimum atomic E-state index is 0. The third kappa shape index (κ3) is 7.48. The molecule has 0 aliphatic carbocycles. The van der Waals surface area contributed by atoms with E-state index in [0.717, 1.165) is 11.3 Å². The van der Waals surface area contributed by atoms with Crippen molar-refractivity contribution >= 4 is 12.6 Å². The quantitative estimate of drug-likeness (QED) is 0.769. The van der Waals surface area contributed by atoms with Gasteiger partial charge in [0, 0.05) is 38.5 Å². The van der Waals surface area contributed by atoms with Crippen LogP contribution in [0.5, 0.6) is 0 Å². The second kappa shape index (κ2) is 12.7. The number of benzene rings is 1. The largest absolute Gasteiger partial charge is 0.693 e. The first-order valence-electron chi connectivity index (χ1n) is 4.61. The standard InChI is InChI=1S/C9H12NS.C2H6.H2N.Y/c1-7-4-8(5-10)2-3-9(7)6-11;1-2;;/h2-4,10-11H,5-6H2,1H3;1-2H3;1H2;/q-1;;-1;. The first-order valence-corrected chi connectivity index (χ1v) is 5.25. The third-order valence-electron chi connectivity index (χ3n) is 1.78. The van der Waals surface area contributed by atoms with Crippen molar-refractivity contribution in [2.45, 2.75) is 33.1 Å². The average molecular weight is 301 g/mol. The predicted molar refractivity (Wildman–Crippen MR) is 68.5 cm³/mol. The van der Waals surface area contributed by atoms with Gasteiger partial charge in [-0.25, -0.2) is 0 Å². The van der Waals surface area contributed by atoms with Crippen molar-refractivity contribution in [3.8, 4) is 0 Å². The molecule has 85 valence electrons. The number of rotatable bonds is 2. The van der Waals surface area contributed by atoms with Crippen LogP contribution in [0.15, 0.2) is 18.2 Å². The molecule has 15 heavy (non-hydrogen) atoms. The van der Waals surface area contributed by atoms with Crippen molar-refractivity contribution in [1.29, 1.82) is 0 Å². The van der Waals surface area contributed by atoms with Gasteiger partial charge in [-0.1, -0.05) is 37.6 Å². The Morgan fingerprint density at radius 2 is 1.80 bits per heavy atom. The molecule has 0 fully saturated rings. The van der Waals surface area contributed by atoms with E-state index < -0.39 is 0 Å². The van der Waals surface area contributed by atoms with Gasteiger partial charge in [0.05, 0.1) is 0 Å². The first kappa shape index (κ1) is 20.9. The van der Waals surface area contributed by atoms with Crippen LogP contribution in [0.25, 0.3) is 11.9 Å². The van der Waals surface area contributed by atoms with Gasteiger partial charge in [-0.05, 0) is 18.1 Å². The van der Waals surface area contributed by atoms with Crippen molar-refractivity contribution < 1.29 is 32.7 Å². The Balaban J connectivity index is -0.000000339. The van der Waals surface area contributed by atoms with Crippen LogP contribution in [0, 0.1) is 6.92 Å². The Bertz CT molecular complexity index is 254. The Morgan fingerprint density at radius 3 is 2.13 bits per heavy atom. The van der Waals surface area contributed by atoms with E-state index in [9.17, 15) is 0 Å². The number of thiol groups is 1. The summed E-state index contributed by atoms with van der Waals surface area (Å²) in [7, 11) is 0. The minimum Gasteiger partial charge on any atom is -0.693 e. The van der Waals surface area contributed by atoms with Crippen molar-refractivity contribution in [2.24, 2.45) is 0 Å². The molecular formula is C11H20N2SY-2. The molecule has 0 saturated carbocycles. The molecule has 0 aliphatic heterocycles. The minimum absolute atomic E-state index is 0. The summed E-state index contributed by atoms with van der Waals surface area (Å²) in [6.07, 6.45) is 0. The summed E-state index contributed by atoms with van der Waals surface area (Å²) in [6.45, 7) is 6.43. The topological polar surface area (TPSA) is 57.3 Å². The molecule has 0 aliphatic rings. The van der Waals surface area contributed by atoms with E-state index in [0.29, 0.717) is 6.54 Å². The van der Waals surface area contributed by atoms with E-state index in [4.69, 9.17) is 5.73 Å². The van der Waals surface area contributed by atoms with Gasteiger partial charge in [-0.15, -0.1) is 6.54 Å². The average Bonchev–Trinajstić information content (AvgIpc) is 2.20. The number of nitrogens with one attached hydrogen (secondary N) is 1. The molecule has 4 heteroatoms. The summed E-state index contributed by atoms with van der Waals surface area (Å²) in [4.78, 5) is 0. The molecule has 0 amide bonds. The molecule has 1 radical (unpaired) electrons. The Hall–Kier alpha value is 0.594. The molecule has 3 N–H and O–H groups in total. The van der Waals surface area contributed by atoms with Crippen LogP contribution in [0.1, 0.15) is 30.5 Å². The van der Waals surface area contributed by atoms with Gasteiger partial charge < -0.3 is 11.9 Å². The fraction of sp³-hybridized carbons (Fsp3) is 0.455. The summed E-state index contributed by atoms with van der Waals surface area (Å²) in [5, 5.41) is 0. The van der Waals surface area contributed by atoms with Crippen LogP contribution in [-0.4, -0.2) is 0 Å². The molecule has 0 heterocycles. The Morgan fingerprint density at radius 1 is 1.27 bits per heavy atom. The number of hydrogen-bond donors (Lipinski definition) is 1. The number of aryl methyl sites for hydroxylation is 1. The third-order valence-corrected chi connectivity index (χ3v) is 2.12. The molecule has 0 atom stereocenters. The molecule has 1 aromatic carbocycles. The normalized spacial score (nSPS) is 7.80. The van der Waals surface area contributed by atoms with E-state index in [-0.39, 0.29) is 38.9 Å². The summed E-state index contributed by atoms with van der Waals surface area (Å²) >= 11 is 4.20. The van der Waals surface area contributed by atoms with Crippen LogP contribution < -0.4 is 0 Å². The fourth-order valence-electron chi connectivity index (χ4n) is 1.05. The molecule has 1 rings (SSSR count). The van der Waals surface area contributed by atoms with Gasteiger partial charge in [0.1, 0.15) is 0 Å². The van der Waals surface area contributed by atoms with Crippen molar-refractivity contribution in [1.82, 2.24) is 0 Å². The molecule has 0 unspecified atom stereocenters. The second-order valence-electron chi connectivity index (χ2n) is 2.60. The van der Waals surface area contributed by atoms with Crippen LogP contribution >= 0.6 is 12.6 Å². The zero-order valence-corrected chi connectivity index (χ0v) is 13.5. The van der Waals surface area contributed by atoms with E-state index >= 15 is 0 Å². The molecule has 2 nitrogen and oxygen atoms in total.